The van der Waals surface area contributed by atoms with E-state index in [4.69, 9.17) is 14.2 Å². The molecule has 6 heteroatoms. The van der Waals surface area contributed by atoms with Gasteiger partial charge in [-0.25, -0.2) is 0 Å². The molecule has 0 aliphatic heterocycles. The fourth-order valence-electron chi connectivity index (χ4n) is 8.95. The molecule has 0 amide bonds. The van der Waals surface area contributed by atoms with Crippen LogP contribution in [0, 0.1) is 0 Å². The van der Waals surface area contributed by atoms with Gasteiger partial charge in [-0.05, 0) is 135 Å². The molecule has 81 heavy (non-hydrogen) atoms. The van der Waals surface area contributed by atoms with Crippen LogP contribution < -0.4 is 0 Å². The van der Waals surface area contributed by atoms with E-state index in [0.29, 0.717) is 19.3 Å². The zero-order valence-electron chi connectivity index (χ0n) is 52.5. The highest BCUT2D eigenvalue weighted by atomic mass is 16.6. The van der Waals surface area contributed by atoms with Crippen LogP contribution in [0.5, 0.6) is 0 Å². The standard InChI is InChI=1S/C75H122O6/c1-4-7-10-13-16-19-22-25-28-31-33-35-37-39-41-44-47-50-53-56-59-62-65-68-74(77)80-71-72(70-79-73(76)67-64-61-58-55-52-49-46-43-30-27-24-21-18-15-12-9-6-3)81-75(78)69-66-63-60-57-54-51-48-45-42-40-38-36-34-32-29-26-23-20-17-14-11-8-5-2/h7-12,16-21,25-30,33-36,39,41,72H,4-6,13-15,22-24,31-32,37-38,40,42-71H2,1-3H3/b10-7-,11-8-,12-9-,19-16-,20-17-,21-18-,28-25-,29-26-,30-27-,35-33-,36-34-,41-39-. The van der Waals surface area contributed by atoms with Crippen LogP contribution in [0.4, 0.5) is 0 Å². The number of hydrogen-bond donors (Lipinski definition) is 0. The second kappa shape index (κ2) is 67.8. The van der Waals surface area contributed by atoms with E-state index in [1.165, 1.54) is 103 Å². The molecule has 0 N–H and O–H groups in total. The summed E-state index contributed by atoms with van der Waals surface area (Å²) in [5, 5.41) is 0. The van der Waals surface area contributed by atoms with E-state index in [0.717, 1.165) is 148 Å². The lowest BCUT2D eigenvalue weighted by Crippen LogP contribution is -2.30. The Morgan fingerprint density at radius 1 is 0.247 bits per heavy atom. The molecule has 1 unspecified atom stereocenters. The molecular weight excluding hydrogens is 997 g/mol. The maximum atomic E-state index is 13.0. The van der Waals surface area contributed by atoms with Gasteiger partial charge in [0.2, 0.25) is 0 Å². The Hall–Kier alpha value is -4.71. The van der Waals surface area contributed by atoms with Crippen LogP contribution >= 0.6 is 0 Å². The van der Waals surface area contributed by atoms with Crippen molar-refractivity contribution in [3.05, 3.63) is 146 Å². The molecule has 0 spiro atoms. The molecule has 0 aromatic carbocycles. The molecule has 0 heterocycles. The van der Waals surface area contributed by atoms with Crippen molar-refractivity contribution in [2.45, 2.75) is 297 Å². The molecule has 0 rings (SSSR count). The van der Waals surface area contributed by atoms with Crippen LogP contribution in [0.3, 0.4) is 0 Å². The lowest BCUT2D eigenvalue weighted by molar-refractivity contribution is -0.167. The Balaban J connectivity index is 4.44. The van der Waals surface area contributed by atoms with E-state index in [1.54, 1.807) is 0 Å². The van der Waals surface area contributed by atoms with Gasteiger partial charge in [0, 0.05) is 19.3 Å². The fourth-order valence-corrected chi connectivity index (χ4v) is 8.95. The number of ether oxygens (including phenoxy) is 3. The Morgan fingerprint density at radius 2 is 0.444 bits per heavy atom. The topological polar surface area (TPSA) is 78.9 Å². The second-order valence-corrected chi connectivity index (χ2v) is 21.6. The quantitative estimate of drug-likeness (QED) is 0.0261. The van der Waals surface area contributed by atoms with Crippen LogP contribution in [0.25, 0.3) is 0 Å². The van der Waals surface area contributed by atoms with Gasteiger partial charge < -0.3 is 14.2 Å². The molecule has 0 aliphatic carbocycles. The molecule has 458 valence electrons. The third-order valence-electron chi connectivity index (χ3n) is 13.8. The number of esters is 3. The average molecular weight is 1120 g/mol. The molecule has 0 saturated carbocycles. The van der Waals surface area contributed by atoms with Crippen molar-refractivity contribution in [2.24, 2.45) is 0 Å². The molecule has 6 nitrogen and oxygen atoms in total. The van der Waals surface area contributed by atoms with Crippen LogP contribution in [-0.2, 0) is 28.6 Å². The van der Waals surface area contributed by atoms with Crippen molar-refractivity contribution in [2.75, 3.05) is 13.2 Å². The number of rotatable bonds is 59. The van der Waals surface area contributed by atoms with E-state index < -0.39 is 6.10 Å². The minimum Gasteiger partial charge on any atom is -0.462 e. The highest BCUT2D eigenvalue weighted by molar-refractivity contribution is 5.71. The van der Waals surface area contributed by atoms with Crippen LogP contribution in [-0.4, -0.2) is 37.2 Å². The molecule has 0 aromatic heterocycles. The molecule has 0 bridgehead atoms. The van der Waals surface area contributed by atoms with E-state index in [2.05, 4.69) is 167 Å². The first-order valence-electron chi connectivity index (χ1n) is 33.3. The van der Waals surface area contributed by atoms with E-state index >= 15 is 0 Å². The SMILES string of the molecule is CC/C=C\C/C=C\C/C=C\C/C=C\C/C=C\CCCCCCCCCC(=O)OCC(COC(=O)CCCCCCCCC/C=C\C/C=C\C/C=C\CC)OC(=O)CCCCCCCCCCCC/C=C\C/C=C\C/C=C\C/C=C\CC. The van der Waals surface area contributed by atoms with Gasteiger partial charge >= 0.3 is 17.9 Å². The first-order valence-corrected chi connectivity index (χ1v) is 33.3. The van der Waals surface area contributed by atoms with Crippen molar-refractivity contribution >= 4 is 17.9 Å². The van der Waals surface area contributed by atoms with Gasteiger partial charge in [-0.15, -0.1) is 0 Å². The van der Waals surface area contributed by atoms with Gasteiger partial charge in [0.05, 0.1) is 0 Å². The maximum absolute atomic E-state index is 13.0. The lowest BCUT2D eigenvalue weighted by Gasteiger charge is -2.18. The van der Waals surface area contributed by atoms with E-state index in [9.17, 15) is 14.4 Å². The predicted octanol–water partition coefficient (Wildman–Crippen LogP) is 23.1. The Labute approximate surface area is 499 Å². The fraction of sp³-hybridized carbons (Fsp3) is 0.640. The summed E-state index contributed by atoms with van der Waals surface area (Å²) in [4.78, 5) is 38.4. The summed E-state index contributed by atoms with van der Waals surface area (Å²) in [6, 6.07) is 0. The molecule has 0 aliphatic rings. The number of allylic oxidation sites excluding steroid dienone is 24. The predicted molar refractivity (Wildman–Crippen MR) is 352 cm³/mol. The van der Waals surface area contributed by atoms with Gasteiger partial charge in [0.15, 0.2) is 6.10 Å². The Morgan fingerprint density at radius 3 is 0.691 bits per heavy atom. The minimum absolute atomic E-state index is 0.0929. The van der Waals surface area contributed by atoms with Crippen LogP contribution in [0.1, 0.15) is 290 Å². The highest BCUT2D eigenvalue weighted by Crippen LogP contribution is 2.16. The summed E-state index contributed by atoms with van der Waals surface area (Å²) >= 11 is 0. The number of carbonyl (C=O) groups excluding carboxylic acids is 3. The molecule has 0 saturated heterocycles. The van der Waals surface area contributed by atoms with E-state index in [1.807, 2.05) is 0 Å². The van der Waals surface area contributed by atoms with Crippen molar-refractivity contribution < 1.29 is 28.6 Å². The smallest absolute Gasteiger partial charge is 0.306 e. The summed E-state index contributed by atoms with van der Waals surface area (Å²) in [7, 11) is 0. The molecule has 0 radical (unpaired) electrons. The summed E-state index contributed by atoms with van der Waals surface area (Å²) in [5.74, 6) is -0.913. The van der Waals surface area contributed by atoms with Gasteiger partial charge in [-0.3, -0.25) is 14.4 Å². The van der Waals surface area contributed by atoms with Crippen molar-refractivity contribution in [3.8, 4) is 0 Å². The zero-order valence-corrected chi connectivity index (χ0v) is 52.5. The zero-order chi connectivity index (χ0) is 58.5. The first-order chi connectivity index (χ1) is 40.0. The summed E-state index contributed by atoms with van der Waals surface area (Å²) in [6.07, 6.45) is 97.0. The largest absolute Gasteiger partial charge is 0.462 e. The monoisotopic (exact) mass is 1120 g/mol. The average Bonchev–Trinajstić information content (AvgIpc) is 3.47. The highest BCUT2D eigenvalue weighted by Gasteiger charge is 2.19. The summed E-state index contributed by atoms with van der Waals surface area (Å²) in [6.45, 7) is 6.30. The van der Waals surface area contributed by atoms with Gasteiger partial charge in [0.25, 0.3) is 0 Å². The first kappa shape index (κ1) is 76.3. The number of hydrogen-bond acceptors (Lipinski definition) is 6. The van der Waals surface area contributed by atoms with E-state index in [-0.39, 0.29) is 31.1 Å². The molecular formula is C75H122O6. The Kier molecular flexibility index (Phi) is 63.9. The van der Waals surface area contributed by atoms with Gasteiger partial charge in [-0.1, -0.05) is 282 Å². The van der Waals surface area contributed by atoms with Crippen LogP contribution in [0.2, 0.25) is 0 Å². The summed E-state index contributed by atoms with van der Waals surface area (Å²) in [5.41, 5.74) is 0. The number of unbranched alkanes of at least 4 members (excludes halogenated alkanes) is 24. The third kappa shape index (κ3) is 66.0. The van der Waals surface area contributed by atoms with Crippen molar-refractivity contribution in [1.29, 1.82) is 0 Å². The molecule has 0 fully saturated rings. The minimum atomic E-state index is -0.798. The van der Waals surface area contributed by atoms with Crippen molar-refractivity contribution in [1.82, 2.24) is 0 Å². The number of carbonyl (C=O) groups is 3. The summed E-state index contributed by atoms with van der Waals surface area (Å²) < 4.78 is 17.0. The normalized spacial score (nSPS) is 13.1. The lowest BCUT2D eigenvalue weighted by atomic mass is 10.0. The maximum Gasteiger partial charge on any atom is 0.306 e. The van der Waals surface area contributed by atoms with Crippen LogP contribution in [0.15, 0.2) is 146 Å². The second-order valence-electron chi connectivity index (χ2n) is 21.6. The molecule has 0 aromatic rings. The van der Waals surface area contributed by atoms with Crippen molar-refractivity contribution in [3.63, 3.8) is 0 Å². The van der Waals surface area contributed by atoms with Gasteiger partial charge in [-0.2, -0.15) is 0 Å². The Bertz CT molecular complexity index is 1760. The molecule has 1 atom stereocenters. The van der Waals surface area contributed by atoms with Gasteiger partial charge in [0.1, 0.15) is 13.2 Å². The third-order valence-corrected chi connectivity index (χ3v) is 13.8.